The highest BCUT2D eigenvalue weighted by Gasteiger charge is 2.27. The summed E-state index contributed by atoms with van der Waals surface area (Å²) in [4.78, 5) is 11.4. The molecule has 0 fully saturated rings. The van der Waals surface area contributed by atoms with Gasteiger partial charge >= 0.3 is 5.97 Å². The van der Waals surface area contributed by atoms with Crippen LogP contribution in [0.4, 0.5) is 0 Å². The molecule has 1 atom stereocenters. The van der Waals surface area contributed by atoms with Gasteiger partial charge in [-0.15, -0.1) is 0 Å². The van der Waals surface area contributed by atoms with Gasteiger partial charge in [-0.3, -0.25) is 9.48 Å². The second-order valence-electron chi connectivity index (χ2n) is 4.69. The van der Waals surface area contributed by atoms with Crippen LogP contribution in [0.2, 0.25) is 0 Å². The van der Waals surface area contributed by atoms with Crippen molar-refractivity contribution in [3.8, 4) is 0 Å². The predicted octanol–water partition coefficient (Wildman–Crippen LogP) is 0.877. The van der Waals surface area contributed by atoms with E-state index in [0.717, 1.165) is 5.56 Å². The largest absolute Gasteiger partial charge is 0.480 e. The fourth-order valence-corrected chi connectivity index (χ4v) is 3.44. The molecule has 0 aliphatic rings. The highest BCUT2D eigenvalue weighted by molar-refractivity contribution is 7.89. The Bertz CT molecular complexity index is 740. The maximum absolute atomic E-state index is 12.3. The molecule has 118 valence electrons. The lowest BCUT2D eigenvalue weighted by Gasteiger charge is -2.15. The Labute approximate surface area is 128 Å². The Kier molecular flexibility index (Phi) is 4.94. The van der Waals surface area contributed by atoms with Crippen LogP contribution in [0, 0.1) is 0 Å². The molecular formula is C14H17N3O4S. The van der Waals surface area contributed by atoms with E-state index in [-0.39, 0.29) is 11.4 Å². The third-order valence-corrected chi connectivity index (χ3v) is 4.62. The molecule has 0 bridgehead atoms. The van der Waals surface area contributed by atoms with Crippen LogP contribution in [0.5, 0.6) is 0 Å². The first-order chi connectivity index (χ1) is 10.4. The molecule has 0 spiro atoms. The summed E-state index contributed by atoms with van der Waals surface area (Å²) < 4.78 is 28.2. The molecular weight excluding hydrogens is 306 g/mol. The van der Waals surface area contributed by atoms with Crippen LogP contribution in [0.15, 0.2) is 47.6 Å². The normalized spacial score (nSPS) is 13.0. The standard InChI is InChI=1S/C14H17N3O4S/c1-2-17-13(8-9-15-17)22(20,21)16-12(14(18)19)10-11-6-4-3-5-7-11/h3-9,12,16H,2,10H2,1H3,(H,18,19)/t12-/m0/s1. The lowest BCUT2D eigenvalue weighted by molar-refractivity contribution is -0.138. The van der Waals surface area contributed by atoms with E-state index in [1.807, 2.05) is 6.07 Å². The highest BCUT2D eigenvalue weighted by atomic mass is 32.2. The fraction of sp³-hybridized carbons (Fsp3) is 0.286. The van der Waals surface area contributed by atoms with Gasteiger partial charge in [0.1, 0.15) is 6.04 Å². The molecule has 0 saturated heterocycles. The van der Waals surface area contributed by atoms with Crippen LogP contribution >= 0.6 is 0 Å². The van der Waals surface area contributed by atoms with Crippen LogP contribution in [0.25, 0.3) is 0 Å². The number of benzene rings is 1. The van der Waals surface area contributed by atoms with Gasteiger partial charge < -0.3 is 5.11 Å². The number of carboxylic acid groups (broad SMARTS) is 1. The molecule has 0 aliphatic heterocycles. The van der Waals surface area contributed by atoms with Gasteiger partial charge in [-0.2, -0.15) is 9.82 Å². The number of hydrogen-bond acceptors (Lipinski definition) is 4. The Hall–Kier alpha value is -2.19. The smallest absolute Gasteiger partial charge is 0.322 e. The minimum atomic E-state index is -3.95. The second kappa shape index (κ2) is 6.71. The highest BCUT2D eigenvalue weighted by Crippen LogP contribution is 2.11. The zero-order chi connectivity index (χ0) is 16.2. The van der Waals surface area contributed by atoms with E-state index in [1.165, 1.54) is 16.9 Å². The molecule has 0 saturated carbocycles. The maximum atomic E-state index is 12.3. The van der Waals surface area contributed by atoms with Crippen molar-refractivity contribution in [1.29, 1.82) is 0 Å². The van der Waals surface area contributed by atoms with Crippen molar-refractivity contribution in [3.63, 3.8) is 0 Å². The predicted molar refractivity (Wildman–Crippen MR) is 79.8 cm³/mol. The Morgan fingerprint density at radius 3 is 2.59 bits per heavy atom. The number of nitrogens with zero attached hydrogens (tertiary/aromatic N) is 2. The number of aryl methyl sites for hydroxylation is 1. The number of sulfonamides is 1. The van der Waals surface area contributed by atoms with Gasteiger partial charge in [0, 0.05) is 6.54 Å². The molecule has 22 heavy (non-hydrogen) atoms. The van der Waals surface area contributed by atoms with Gasteiger partial charge in [-0.25, -0.2) is 8.42 Å². The summed E-state index contributed by atoms with van der Waals surface area (Å²) >= 11 is 0. The van der Waals surface area contributed by atoms with E-state index in [9.17, 15) is 18.3 Å². The molecule has 7 nitrogen and oxygen atoms in total. The van der Waals surface area contributed by atoms with Crippen molar-refractivity contribution in [3.05, 3.63) is 48.2 Å². The quantitative estimate of drug-likeness (QED) is 0.787. The summed E-state index contributed by atoms with van der Waals surface area (Å²) in [5.74, 6) is -1.23. The second-order valence-corrected chi connectivity index (χ2v) is 6.35. The summed E-state index contributed by atoms with van der Waals surface area (Å²) in [5, 5.41) is 13.1. The summed E-state index contributed by atoms with van der Waals surface area (Å²) in [7, 11) is -3.95. The number of carbonyl (C=O) groups is 1. The molecule has 2 rings (SSSR count). The number of nitrogens with one attached hydrogen (secondary N) is 1. The van der Waals surface area contributed by atoms with Crippen molar-refractivity contribution >= 4 is 16.0 Å². The Morgan fingerprint density at radius 2 is 2.00 bits per heavy atom. The Balaban J connectivity index is 2.22. The minimum absolute atomic E-state index is 0.0469. The van der Waals surface area contributed by atoms with Crippen LogP contribution in [-0.2, 0) is 27.8 Å². The molecule has 8 heteroatoms. The molecule has 0 unspecified atom stereocenters. The molecule has 2 N–H and O–H groups in total. The van der Waals surface area contributed by atoms with E-state index in [1.54, 1.807) is 31.2 Å². The van der Waals surface area contributed by atoms with Crippen LogP contribution in [-0.4, -0.2) is 35.3 Å². The Morgan fingerprint density at radius 1 is 1.32 bits per heavy atom. The first-order valence-electron chi connectivity index (χ1n) is 6.75. The van der Waals surface area contributed by atoms with Crippen LogP contribution in [0.1, 0.15) is 12.5 Å². The molecule has 1 aromatic heterocycles. The van der Waals surface area contributed by atoms with Crippen molar-refractivity contribution < 1.29 is 18.3 Å². The van der Waals surface area contributed by atoms with Crippen molar-refractivity contribution in [2.24, 2.45) is 0 Å². The van der Waals surface area contributed by atoms with Crippen molar-refractivity contribution in [1.82, 2.24) is 14.5 Å². The summed E-state index contributed by atoms with van der Waals surface area (Å²) in [6, 6.07) is 8.95. The fourth-order valence-electron chi connectivity index (χ4n) is 2.06. The number of rotatable bonds is 7. The number of aromatic nitrogens is 2. The van der Waals surface area contributed by atoms with Gasteiger partial charge in [-0.05, 0) is 25.0 Å². The number of aliphatic carboxylic acids is 1. The molecule has 1 heterocycles. The van der Waals surface area contributed by atoms with Crippen LogP contribution < -0.4 is 4.72 Å². The third-order valence-electron chi connectivity index (χ3n) is 3.13. The lowest BCUT2D eigenvalue weighted by atomic mass is 10.1. The molecule has 0 amide bonds. The first-order valence-corrected chi connectivity index (χ1v) is 8.23. The molecule has 2 aromatic rings. The summed E-state index contributed by atoms with van der Waals surface area (Å²) in [6.45, 7) is 2.13. The number of hydrogen-bond donors (Lipinski definition) is 2. The first kappa shape index (κ1) is 16.2. The zero-order valence-corrected chi connectivity index (χ0v) is 12.8. The maximum Gasteiger partial charge on any atom is 0.322 e. The summed E-state index contributed by atoms with van der Waals surface area (Å²) in [6.07, 6.45) is 1.43. The van der Waals surface area contributed by atoms with Gasteiger partial charge in [0.2, 0.25) is 0 Å². The van der Waals surface area contributed by atoms with Crippen molar-refractivity contribution in [2.75, 3.05) is 0 Å². The molecule has 0 aliphatic carbocycles. The monoisotopic (exact) mass is 323 g/mol. The third kappa shape index (κ3) is 3.71. The van der Waals surface area contributed by atoms with E-state index in [4.69, 9.17) is 0 Å². The van der Waals surface area contributed by atoms with Crippen LogP contribution in [0.3, 0.4) is 0 Å². The number of carboxylic acids is 1. The SMILES string of the molecule is CCn1nccc1S(=O)(=O)N[C@@H](Cc1ccccc1)C(=O)O. The van der Waals surface area contributed by atoms with Gasteiger partial charge in [0.05, 0.1) is 6.20 Å². The molecule has 1 aromatic carbocycles. The van der Waals surface area contributed by atoms with E-state index >= 15 is 0 Å². The van der Waals surface area contributed by atoms with Gasteiger partial charge in [0.25, 0.3) is 10.0 Å². The summed E-state index contributed by atoms with van der Waals surface area (Å²) in [5.41, 5.74) is 0.738. The minimum Gasteiger partial charge on any atom is -0.480 e. The van der Waals surface area contributed by atoms with E-state index in [2.05, 4.69) is 9.82 Å². The zero-order valence-electron chi connectivity index (χ0n) is 12.0. The van der Waals surface area contributed by atoms with E-state index < -0.39 is 22.0 Å². The average molecular weight is 323 g/mol. The van der Waals surface area contributed by atoms with Gasteiger partial charge in [0.15, 0.2) is 5.03 Å². The van der Waals surface area contributed by atoms with Gasteiger partial charge in [-0.1, -0.05) is 30.3 Å². The topological polar surface area (TPSA) is 101 Å². The lowest BCUT2D eigenvalue weighted by Crippen LogP contribution is -2.42. The average Bonchev–Trinajstić information content (AvgIpc) is 2.97. The van der Waals surface area contributed by atoms with E-state index in [0.29, 0.717) is 6.54 Å². The van der Waals surface area contributed by atoms with Crippen molar-refractivity contribution in [2.45, 2.75) is 31.0 Å². The molecule has 0 radical (unpaired) electrons.